The van der Waals surface area contributed by atoms with E-state index in [0.717, 1.165) is 6.42 Å². The highest BCUT2D eigenvalue weighted by atomic mass is 32.1. The van der Waals surface area contributed by atoms with Gasteiger partial charge in [-0.1, -0.05) is 6.92 Å². The van der Waals surface area contributed by atoms with Crippen LogP contribution in [0.25, 0.3) is 0 Å². The summed E-state index contributed by atoms with van der Waals surface area (Å²) in [4.78, 5) is 12.3. The smallest absolute Gasteiger partial charge is 0.263 e. The van der Waals surface area contributed by atoms with Crippen molar-refractivity contribution in [2.75, 3.05) is 19.5 Å². The molecule has 84 valence electrons. The fourth-order valence-electron chi connectivity index (χ4n) is 1.22. The van der Waals surface area contributed by atoms with Gasteiger partial charge in [0.05, 0.1) is 18.3 Å². The van der Waals surface area contributed by atoms with Crippen molar-refractivity contribution >= 4 is 22.9 Å². The van der Waals surface area contributed by atoms with Crippen LogP contribution in [0, 0.1) is 0 Å². The van der Waals surface area contributed by atoms with Crippen LogP contribution in [0.2, 0.25) is 0 Å². The molecule has 0 radical (unpaired) electrons. The summed E-state index contributed by atoms with van der Waals surface area (Å²) >= 11 is 1.35. The Morgan fingerprint density at radius 2 is 2.47 bits per heavy atom. The van der Waals surface area contributed by atoms with Gasteiger partial charge < -0.3 is 15.8 Å². The molecule has 0 fully saturated rings. The third-order valence-corrected chi connectivity index (χ3v) is 3.03. The zero-order chi connectivity index (χ0) is 11.3. The molecule has 4 nitrogen and oxygen atoms in total. The van der Waals surface area contributed by atoms with Gasteiger partial charge in [0.2, 0.25) is 0 Å². The summed E-state index contributed by atoms with van der Waals surface area (Å²) in [6.45, 7) is 2.52. The van der Waals surface area contributed by atoms with E-state index in [9.17, 15) is 4.79 Å². The molecule has 0 aliphatic heterocycles. The minimum Gasteiger partial charge on any atom is -0.397 e. The third kappa shape index (κ3) is 3.21. The maximum absolute atomic E-state index is 11.7. The number of hydrogen-bond acceptors (Lipinski definition) is 4. The average molecular weight is 228 g/mol. The van der Waals surface area contributed by atoms with E-state index in [1.807, 2.05) is 12.3 Å². The number of amides is 1. The van der Waals surface area contributed by atoms with E-state index in [-0.39, 0.29) is 11.9 Å². The summed E-state index contributed by atoms with van der Waals surface area (Å²) in [5, 5.41) is 4.68. The Morgan fingerprint density at radius 1 is 1.73 bits per heavy atom. The Bertz CT molecular complexity index is 325. The van der Waals surface area contributed by atoms with E-state index in [1.54, 1.807) is 13.2 Å². The zero-order valence-electron chi connectivity index (χ0n) is 8.95. The van der Waals surface area contributed by atoms with Crippen molar-refractivity contribution in [2.45, 2.75) is 19.4 Å². The molecule has 5 heteroatoms. The monoisotopic (exact) mass is 228 g/mol. The number of nitrogen functional groups attached to an aromatic ring is 1. The molecule has 1 rings (SSSR count). The molecular formula is C10H16N2O2S. The highest BCUT2D eigenvalue weighted by Crippen LogP contribution is 2.18. The van der Waals surface area contributed by atoms with Gasteiger partial charge in [-0.25, -0.2) is 0 Å². The van der Waals surface area contributed by atoms with Gasteiger partial charge in [0, 0.05) is 7.11 Å². The van der Waals surface area contributed by atoms with Gasteiger partial charge in [-0.05, 0) is 17.9 Å². The summed E-state index contributed by atoms with van der Waals surface area (Å²) < 4.78 is 5.00. The molecule has 3 N–H and O–H groups in total. The van der Waals surface area contributed by atoms with Crippen molar-refractivity contribution < 1.29 is 9.53 Å². The van der Waals surface area contributed by atoms with Gasteiger partial charge in [0.1, 0.15) is 4.88 Å². The molecule has 0 aliphatic rings. The number of methoxy groups -OCH3 is 1. The molecule has 1 atom stereocenters. The van der Waals surface area contributed by atoms with Crippen LogP contribution in [0.3, 0.4) is 0 Å². The second-order valence-corrected chi connectivity index (χ2v) is 4.16. The Balaban J connectivity index is 2.58. The molecule has 0 saturated carbocycles. The number of carbonyl (C=O) groups is 1. The van der Waals surface area contributed by atoms with Crippen LogP contribution >= 0.6 is 11.3 Å². The number of carbonyl (C=O) groups excluding carboxylic acids is 1. The van der Waals surface area contributed by atoms with Crippen LogP contribution in [-0.2, 0) is 4.74 Å². The highest BCUT2D eigenvalue weighted by Gasteiger charge is 2.15. The molecular weight excluding hydrogens is 212 g/mol. The summed E-state index contributed by atoms with van der Waals surface area (Å²) in [7, 11) is 1.62. The largest absolute Gasteiger partial charge is 0.397 e. The second kappa shape index (κ2) is 5.72. The minimum absolute atomic E-state index is 0.0454. The summed E-state index contributed by atoms with van der Waals surface area (Å²) in [5.74, 6) is -0.119. The number of hydrogen-bond donors (Lipinski definition) is 2. The van der Waals surface area contributed by atoms with E-state index in [1.165, 1.54) is 11.3 Å². The van der Waals surface area contributed by atoms with E-state index < -0.39 is 0 Å². The van der Waals surface area contributed by atoms with E-state index in [4.69, 9.17) is 10.5 Å². The van der Waals surface area contributed by atoms with Crippen LogP contribution < -0.4 is 11.1 Å². The first-order valence-electron chi connectivity index (χ1n) is 4.81. The molecule has 1 heterocycles. The number of rotatable bonds is 5. The highest BCUT2D eigenvalue weighted by molar-refractivity contribution is 7.12. The van der Waals surface area contributed by atoms with Crippen LogP contribution in [-0.4, -0.2) is 25.7 Å². The number of anilines is 1. The van der Waals surface area contributed by atoms with E-state index in [0.29, 0.717) is 17.2 Å². The summed E-state index contributed by atoms with van der Waals surface area (Å²) in [6, 6.07) is 1.78. The molecule has 0 aliphatic carbocycles. The maximum Gasteiger partial charge on any atom is 0.263 e. The van der Waals surface area contributed by atoms with Crippen LogP contribution in [0.4, 0.5) is 5.69 Å². The SMILES string of the molecule is CCC(COC)NC(=O)c1sccc1N. The first-order chi connectivity index (χ1) is 7.19. The number of thiophene rings is 1. The minimum atomic E-state index is -0.119. The summed E-state index contributed by atoms with van der Waals surface area (Å²) in [5.41, 5.74) is 6.18. The van der Waals surface area contributed by atoms with Crippen molar-refractivity contribution in [3.63, 3.8) is 0 Å². The maximum atomic E-state index is 11.7. The van der Waals surface area contributed by atoms with Gasteiger partial charge in [0.25, 0.3) is 5.91 Å². The zero-order valence-corrected chi connectivity index (χ0v) is 9.76. The Labute approximate surface area is 93.4 Å². The van der Waals surface area contributed by atoms with Crippen molar-refractivity contribution in [3.05, 3.63) is 16.3 Å². The van der Waals surface area contributed by atoms with Gasteiger partial charge in [-0.2, -0.15) is 0 Å². The molecule has 1 aromatic heterocycles. The Kier molecular flexibility index (Phi) is 4.58. The molecule has 15 heavy (non-hydrogen) atoms. The van der Waals surface area contributed by atoms with Crippen molar-refractivity contribution in [2.24, 2.45) is 0 Å². The lowest BCUT2D eigenvalue weighted by Crippen LogP contribution is -2.37. The first-order valence-corrected chi connectivity index (χ1v) is 5.69. The van der Waals surface area contributed by atoms with Gasteiger partial charge in [0.15, 0.2) is 0 Å². The lowest BCUT2D eigenvalue weighted by Gasteiger charge is -2.15. The first kappa shape index (κ1) is 12.0. The number of nitrogens with one attached hydrogen (secondary N) is 1. The third-order valence-electron chi connectivity index (χ3n) is 2.10. The standard InChI is InChI=1S/C10H16N2O2S/c1-3-7(6-14-2)12-10(13)9-8(11)4-5-15-9/h4-5,7H,3,6,11H2,1-2H3,(H,12,13). The molecule has 0 bridgehead atoms. The Hall–Kier alpha value is -1.07. The van der Waals surface area contributed by atoms with Gasteiger partial charge >= 0.3 is 0 Å². The molecule has 0 spiro atoms. The molecule has 1 amide bonds. The molecule has 1 aromatic rings. The summed E-state index contributed by atoms with van der Waals surface area (Å²) in [6.07, 6.45) is 0.838. The molecule has 0 saturated heterocycles. The van der Waals surface area contributed by atoms with Crippen LogP contribution in [0.1, 0.15) is 23.0 Å². The Morgan fingerprint density at radius 3 is 2.93 bits per heavy atom. The predicted molar refractivity (Wildman–Crippen MR) is 62.2 cm³/mol. The molecule has 1 unspecified atom stereocenters. The van der Waals surface area contributed by atoms with E-state index in [2.05, 4.69) is 5.32 Å². The lowest BCUT2D eigenvalue weighted by molar-refractivity contribution is 0.0899. The fraction of sp³-hybridized carbons (Fsp3) is 0.500. The van der Waals surface area contributed by atoms with Gasteiger partial charge in [-0.15, -0.1) is 11.3 Å². The van der Waals surface area contributed by atoms with Crippen LogP contribution in [0.5, 0.6) is 0 Å². The van der Waals surface area contributed by atoms with Gasteiger partial charge in [-0.3, -0.25) is 4.79 Å². The topological polar surface area (TPSA) is 64.3 Å². The van der Waals surface area contributed by atoms with Crippen molar-refractivity contribution in [3.8, 4) is 0 Å². The lowest BCUT2D eigenvalue weighted by atomic mass is 10.2. The van der Waals surface area contributed by atoms with Crippen molar-refractivity contribution in [1.82, 2.24) is 5.32 Å². The quantitative estimate of drug-likeness (QED) is 0.802. The average Bonchev–Trinajstić information content (AvgIpc) is 2.63. The number of ether oxygens (including phenoxy) is 1. The van der Waals surface area contributed by atoms with Crippen LogP contribution in [0.15, 0.2) is 11.4 Å². The normalized spacial score (nSPS) is 12.4. The second-order valence-electron chi connectivity index (χ2n) is 3.24. The number of nitrogens with two attached hydrogens (primary N) is 1. The predicted octanol–water partition coefficient (Wildman–Crippen LogP) is 1.49. The van der Waals surface area contributed by atoms with Crippen molar-refractivity contribution in [1.29, 1.82) is 0 Å². The molecule has 0 aromatic carbocycles. The fourth-order valence-corrected chi connectivity index (χ4v) is 1.94. The van der Waals surface area contributed by atoms with E-state index >= 15 is 0 Å².